The van der Waals surface area contributed by atoms with Gasteiger partial charge in [0.2, 0.25) is 0 Å². The number of carbonyl (C=O) groups is 2. The summed E-state index contributed by atoms with van der Waals surface area (Å²) in [5, 5.41) is 4.04. The van der Waals surface area contributed by atoms with Gasteiger partial charge in [-0.2, -0.15) is 0 Å². The van der Waals surface area contributed by atoms with Gasteiger partial charge in [0.15, 0.2) is 6.10 Å². The van der Waals surface area contributed by atoms with Crippen molar-refractivity contribution in [3.63, 3.8) is 0 Å². The number of ether oxygens (including phenoxy) is 3. The van der Waals surface area contributed by atoms with E-state index >= 15 is 0 Å². The molecule has 1 unspecified atom stereocenters. The fourth-order valence-electron chi connectivity index (χ4n) is 4.49. The zero-order chi connectivity index (χ0) is 22.9. The topological polar surface area (TPSA) is 80.3 Å². The van der Waals surface area contributed by atoms with Gasteiger partial charge in [0.1, 0.15) is 5.60 Å². The lowest BCUT2D eigenvalue weighted by atomic mass is 9.88. The summed E-state index contributed by atoms with van der Waals surface area (Å²) >= 11 is 6.47. The molecule has 0 saturated carbocycles. The number of carbonyl (C=O) groups excluding carboxylic acids is 2. The number of amides is 2. The molecule has 176 valence electrons. The van der Waals surface area contributed by atoms with Crippen LogP contribution in [0.25, 0.3) is 0 Å². The Labute approximate surface area is 194 Å². The molecule has 2 saturated heterocycles. The molecule has 0 aromatic heterocycles. The molecule has 32 heavy (non-hydrogen) atoms. The van der Waals surface area contributed by atoms with Crippen LogP contribution in [0.2, 0.25) is 5.02 Å². The van der Waals surface area contributed by atoms with E-state index in [4.69, 9.17) is 25.8 Å². The smallest absolute Gasteiger partial charge is 0.337 e. The van der Waals surface area contributed by atoms with Gasteiger partial charge in [0.25, 0.3) is 0 Å². The number of hydrogen-bond acceptors (Lipinski definition) is 6. The Morgan fingerprint density at radius 2 is 1.88 bits per heavy atom. The van der Waals surface area contributed by atoms with E-state index in [1.54, 1.807) is 0 Å². The van der Waals surface area contributed by atoms with Gasteiger partial charge in [-0.05, 0) is 56.0 Å². The Hall–Kier alpha value is -1.87. The highest BCUT2D eigenvalue weighted by atomic mass is 35.5. The van der Waals surface area contributed by atoms with E-state index in [1.165, 1.54) is 0 Å². The quantitative estimate of drug-likeness (QED) is 0.676. The summed E-state index contributed by atoms with van der Waals surface area (Å²) in [6.07, 6.45) is -0.0696. The Morgan fingerprint density at radius 3 is 2.59 bits per heavy atom. The van der Waals surface area contributed by atoms with Gasteiger partial charge in [-0.15, -0.1) is 0 Å². The van der Waals surface area contributed by atoms with Crippen molar-refractivity contribution in [3.8, 4) is 0 Å². The normalized spacial score (nSPS) is 24.1. The molecule has 0 radical (unpaired) electrons. The van der Waals surface area contributed by atoms with Crippen LogP contribution in [-0.2, 0) is 32.0 Å². The highest BCUT2D eigenvalue weighted by Crippen LogP contribution is 2.34. The summed E-state index contributed by atoms with van der Waals surface area (Å²) in [6, 6.07) is 3.47. The van der Waals surface area contributed by atoms with E-state index in [9.17, 15) is 9.59 Å². The monoisotopic (exact) mass is 465 g/mol. The molecule has 3 aliphatic heterocycles. The number of urea groups is 1. The maximum absolute atomic E-state index is 13.1. The van der Waals surface area contributed by atoms with Gasteiger partial charge >= 0.3 is 12.0 Å². The lowest BCUT2D eigenvalue weighted by Crippen LogP contribution is -2.50. The molecule has 3 aliphatic rings. The molecule has 0 aliphatic carbocycles. The van der Waals surface area contributed by atoms with E-state index in [0.717, 1.165) is 16.7 Å². The van der Waals surface area contributed by atoms with E-state index in [2.05, 4.69) is 5.32 Å². The van der Waals surface area contributed by atoms with Crippen molar-refractivity contribution in [1.82, 2.24) is 15.1 Å². The van der Waals surface area contributed by atoms with E-state index in [1.807, 2.05) is 42.7 Å². The van der Waals surface area contributed by atoms with Crippen LogP contribution in [0.5, 0.6) is 0 Å². The van der Waals surface area contributed by atoms with Crippen molar-refractivity contribution in [3.05, 3.63) is 33.8 Å². The van der Waals surface area contributed by atoms with E-state index in [-0.39, 0.29) is 6.03 Å². The van der Waals surface area contributed by atoms with Gasteiger partial charge in [-0.3, -0.25) is 0 Å². The first-order valence-electron chi connectivity index (χ1n) is 11.2. The Kier molecular flexibility index (Phi) is 6.95. The molecule has 2 fully saturated rings. The fraction of sp³-hybridized carbons (Fsp3) is 0.652. The number of nitrogens with zero attached hydrogens (tertiary/aromatic N) is 2. The minimum absolute atomic E-state index is 0.0244. The first kappa shape index (κ1) is 23.3. The molecule has 2 amide bonds. The number of esters is 1. The van der Waals surface area contributed by atoms with Gasteiger partial charge in [0, 0.05) is 37.7 Å². The molecule has 1 N–H and O–H groups in total. The third-order valence-corrected chi connectivity index (χ3v) is 6.15. The molecule has 1 aromatic carbocycles. The average molecular weight is 466 g/mol. The molecular formula is C23H32ClN3O5. The first-order valence-corrected chi connectivity index (χ1v) is 11.6. The Balaban J connectivity index is 1.61. The lowest BCUT2D eigenvalue weighted by Gasteiger charge is -2.39. The second kappa shape index (κ2) is 9.55. The highest BCUT2D eigenvalue weighted by molar-refractivity contribution is 6.30. The van der Waals surface area contributed by atoms with Crippen LogP contribution in [-0.4, -0.2) is 79.5 Å². The number of benzene rings is 1. The van der Waals surface area contributed by atoms with Crippen LogP contribution in [0.4, 0.5) is 4.79 Å². The lowest BCUT2D eigenvalue weighted by molar-refractivity contribution is -0.173. The second-order valence-electron chi connectivity index (χ2n) is 9.44. The molecule has 2 atom stereocenters. The maximum atomic E-state index is 13.1. The molecular weight excluding hydrogens is 434 g/mol. The van der Waals surface area contributed by atoms with Crippen molar-refractivity contribution < 1.29 is 23.8 Å². The predicted octanol–water partition coefficient (Wildman–Crippen LogP) is 2.52. The minimum Gasteiger partial charge on any atom is -0.458 e. The molecule has 4 rings (SSSR count). The number of hydrogen-bond donors (Lipinski definition) is 1. The van der Waals surface area contributed by atoms with Gasteiger partial charge < -0.3 is 29.3 Å². The largest absolute Gasteiger partial charge is 0.458 e. The number of halogens is 1. The predicted molar refractivity (Wildman–Crippen MR) is 120 cm³/mol. The molecule has 1 aromatic rings. The summed E-state index contributed by atoms with van der Waals surface area (Å²) < 4.78 is 16.9. The van der Waals surface area contributed by atoms with Crippen molar-refractivity contribution in [1.29, 1.82) is 0 Å². The van der Waals surface area contributed by atoms with Crippen molar-refractivity contribution in [2.24, 2.45) is 0 Å². The fourth-order valence-corrected chi connectivity index (χ4v) is 4.74. The van der Waals surface area contributed by atoms with E-state index < -0.39 is 23.7 Å². The third-order valence-electron chi connectivity index (χ3n) is 5.93. The van der Waals surface area contributed by atoms with Crippen LogP contribution in [0, 0.1) is 0 Å². The van der Waals surface area contributed by atoms with Crippen molar-refractivity contribution in [2.45, 2.75) is 51.5 Å². The summed E-state index contributed by atoms with van der Waals surface area (Å²) in [5.74, 6) is -0.402. The van der Waals surface area contributed by atoms with Gasteiger partial charge in [0.05, 0.1) is 25.9 Å². The molecule has 0 spiro atoms. The van der Waals surface area contributed by atoms with Crippen molar-refractivity contribution in [2.75, 3.05) is 46.0 Å². The Bertz CT molecular complexity index is 866. The third kappa shape index (κ3) is 5.20. The zero-order valence-electron chi connectivity index (χ0n) is 19.0. The first-order chi connectivity index (χ1) is 15.2. The van der Waals surface area contributed by atoms with E-state index in [0.29, 0.717) is 64.0 Å². The van der Waals surface area contributed by atoms with Gasteiger partial charge in [-0.1, -0.05) is 11.6 Å². The number of morpholine rings is 2. The van der Waals surface area contributed by atoms with Crippen molar-refractivity contribution >= 4 is 23.6 Å². The number of fused-ring (bicyclic) bond motifs is 1. The minimum atomic E-state index is -0.782. The molecule has 8 nitrogen and oxygen atoms in total. The van der Waals surface area contributed by atoms with Crippen LogP contribution in [0.15, 0.2) is 12.1 Å². The number of rotatable bonds is 2. The second-order valence-corrected chi connectivity index (χ2v) is 9.88. The molecule has 3 heterocycles. The zero-order valence-corrected chi connectivity index (χ0v) is 19.7. The van der Waals surface area contributed by atoms with Crippen LogP contribution in [0.1, 0.15) is 43.5 Å². The summed E-state index contributed by atoms with van der Waals surface area (Å²) in [7, 11) is 0. The summed E-state index contributed by atoms with van der Waals surface area (Å²) in [6.45, 7) is 10.0. The summed E-state index contributed by atoms with van der Waals surface area (Å²) in [4.78, 5) is 29.7. The Morgan fingerprint density at radius 1 is 1.12 bits per heavy atom. The molecule has 9 heteroatoms. The standard InChI is InChI=1S/C23H32ClN3O5/c1-23(2,3)32-21(28)20-19(25-5-9-31-20)17-13-16(24)12-15-4-6-27(14-18(15)17)22(29)26-7-10-30-11-8-26/h12-13,19-20,25H,4-11,14H2,1-3H3/t19-,20?/m1/s1. The van der Waals surface area contributed by atoms with Crippen LogP contribution >= 0.6 is 11.6 Å². The maximum Gasteiger partial charge on any atom is 0.337 e. The van der Waals surface area contributed by atoms with Gasteiger partial charge in [-0.25, -0.2) is 9.59 Å². The highest BCUT2D eigenvalue weighted by Gasteiger charge is 2.39. The van der Waals surface area contributed by atoms with Crippen LogP contribution < -0.4 is 5.32 Å². The van der Waals surface area contributed by atoms with Crippen LogP contribution in [0.3, 0.4) is 0 Å². The number of nitrogens with one attached hydrogen (secondary N) is 1. The molecule has 0 bridgehead atoms. The summed E-state index contributed by atoms with van der Waals surface area (Å²) in [5.41, 5.74) is 2.41. The average Bonchev–Trinajstić information content (AvgIpc) is 2.77. The SMILES string of the molecule is CC(C)(C)OC(=O)C1OCCN[C@@H]1c1cc(Cl)cc2c1CN(C(=O)N1CCOCC1)CC2.